The van der Waals surface area contributed by atoms with Crippen LogP contribution < -0.4 is 5.32 Å². The third kappa shape index (κ3) is 3.84. The van der Waals surface area contributed by atoms with Crippen molar-refractivity contribution >= 4 is 16.8 Å². The van der Waals surface area contributed by atoms with E-state index < -0.39 is 0 Å². The lowest BCUT2D eigenvalue weighted by Crippen LogP contribution is -2.45. The number of fused-ring (bicyclic) bond motifs is 2. The van der Waals surface area contributed by atoms with E-state index in [0.717, 1.165) is 28.8 Å². The molecule has 1 atom stereocenters. The van der Waals surface area contributed by atoms with Crippen LogP contribution in [0.15, 0.2) is 48.7 Å². The highest BCUT2D eigenvalue weighted by Crippen LogP contribution is 2.22. The average molecular weight is 365 g/mol. The van der Waals surface area contributed by atoms with Gasteiger partial charge in [0.15, 0.2) is 0 Å². The molecule has 2 aromatic heterocycles. The minimum Gasteiger partial charge on any atom is -0.383 e. The van der Waals surface area contributed by atoms with Crippen LogP contribution in [0.4, 0.5) is 0 Å². The van der Waals surface area contributed by atoms with Gasteiger partial charge in [-0.3, -0.25) is 19.4 Å². The number of para-hydroxylation sites is 1. The molecule has 7 heteroatoms. The molecule has 1 aliphatic heterocycles. The lowest BCUT2D eigenvalue weighted by molar-refractivity contribution is -0.126. The van der Waals surface area contributed by atoms with Crippen molar-refractivity contribution in [2.75, 3.05) is 26.8 Å². The van der Waals surface area contributed by atoms with Crippen LogP contribution in [0.5, 0.6) is 0 Å². The first-order chi connectivity index (χ1) is 13.2. The summed E-state index contributed by atoms with van der Waals surface area (Å²) in [6.45, 7) is 3.03. The van der Waals surface area contributed by atoms with Crippen LogP contribution in [0.2, 0.25) is 0 Å². The fourth-order valence-corrected chi connectivity index (χ4v) is 3.50. The smallest absolute Gasteiger partial charge is 0.246 e. The maximum atomic E-state index is 12.6. The molecule has 1 amide bonds. The third-order valence-electron chi connectivity index (χ3n) is 4.81. The number of nitrogens with zero attached hydrogens (tertiary/aromatic N) is 4. The summed E-state index contributed by atoms with van der Waals surface area (Å²) in [7, 11) is 1.62. The molecule has 0 saturated heterocycles. The van der Waals surface area contributed by atoms with Crippen molar-refractivity contribution in [3.8, 4) is 0 Å². The Kier molecular flexibility index (Phi) is 5.13. The van der Waals surface area contributed by atoms with Gasteiger partial charge < -0.3 is 10.1 Å². The Morgan fingerprint density at radius 2 is 2.15 bits per heavy atom. The highest BCUT2D eigenvalue weighted by molar-refractivity contribution is 5.80. The molecule has 7 nitrogen and oxygen atoms in total. The molecular weight excluding hydrogens is 342 g/mol. The second-order valence-corrected chi connectivity index (χ2v) is 6.73. The summed E-state index contributed by atoms with van der Waals surface area (Å²) in [5.41, 5.74) is 3.03. The van der Waals surface area contributed by atoms with Gasteiger partial charge in [0.2, 0.25) is 5.91 Å². The zero-order valence-corrected chi connectivity index (χ0v) is 15.3. The van der Waals surface area contributed by atoms with Crippen LogP contribution >= 0.6 is 0 Å². The number of aromatic nitrogens is 3. The summed E-state index contributed by atoms with van der Waals surface area (Å²) in [5, 5.41) is 8.41. The van der Waals surface area contributed by atoms with Crippen molar-refractivity contribution in [2.24, 2.45) is 0 Å². The summed E-state index contributed by atoms with van der Waals surface area (Å²) in [6, 6.07) is 13.9. The van der Waals surface area contributed by atoms with Crippen LogP contribution in [0.3, 0.4) is 0 Å². The minimum absolute atomic E-state index is 0.0341. The number of ether oxygens (including phenoxy) is 1. The molecule has 3 aromatic rings. The number of methoxy groups -OCH3 is 1. The number of pyridine rings is 1. The zero-order valence-electron chi connectivity index (χ0n) is 15.3. The molecule has 1 aliphatic rings. The van der Waals surface area contributed by atoms with Crippen molar-refractivity contribution < 1.29 is 9.53 Å². The van der Waals surface area contributed by atoms with Crippen LogP contribution in [0.25, 0.3) is 10.9 Å². The molecule has 27 heavy (non-hydrogen) atoms. The van der Waals surface area contributed by atoms with Crippen molar-refractivity contribution in [1.29, 1.82) is 0 Å². The first-order valence-electron chi connectivity index (χ1n) is 9.10. The monoisotopic (exact) mass is 365 g/mol. The standard InChI is InChI=1S/C20H23N5O2/c1-27-11-10-21-20(26)19-14-24(13-17-8-9-22-25(17)19)12-16-7-6-15-4-2-3-5-18(15)23-16/h2-9,19H,10-14H2,1H3,(H,21,26)/t19-/m1/s1. The number of hydrogen-bond donors (Lipinski definition) is 1. The average Bonchev–Trinajstić information content (AvgIpc) is 3.16. The molecule has 140 valence electrons. The van der Waals surface area contributed by atoms with Crippen LogP contribution in [-0.4, -0.2) is 52.4 Å². The van der Waals surface area contributed by atoms with E-state index in [1.807, 2.05) is 28.9 Å². The minimum atomic E-state index is -0.346. The summed E-state index contributed by atoms with van der Waals surface area (Å²) in [5.74, 6) is -0.0341. The Morgan fingerprint density at radius 1 is 1.26 bits per heavy atom. The van der Waals surface area contributed by atoms with Crippen molar-refractivity contribution in [3.63, 3.8) is 0 Å². The molecule has 0 bridgehead atoms. The molecule has 0 fully saturated rings. The van der Waals surface area contributed by atoms with E-state index in [9.17, 15) is 4.79 Å². The second-order valence-electron chi connectivity index (χ2n) is 6.73. The normalized spacial score (nSPS) is 17.0. The number of nitrogens with one attached hydrogen (secondary N) is 1. The molecule has 1 aromatic carbocycles. The van der Waals surface area contributed by atoms with E-state index in [-0.39, 0.29) is 11.9 Å². The highest BCUT2D eigenvalue weighted by Gasteiger charge is 2.30. The van der Waals surface area contributed by atoms with E-state index in [1.165, 1.54) is 0 Å². The van der Waals surface area contributed by atoms with Crippen molar-refractivity contribution in [2.45, 2.75) is 19.1 Å². The Bertz CT molecular complexity index is 939. The quantitative estimate of drug-likeness (QED) is 0.674. The topological polar surface area (TPSA) is 72.3 Å². The number of carbonyl (C=O) groups is 1. The van der Waals surface area contributed by atoms with Gasteiger partial charge in [-0.1, -0.05) is 24.3 Å². The maximum Gasteiger partial charge on any atom is 0.246 e. The van der Waals surface area contributed by atoms with E-state index in [2.05, 4.69) is 33.5 Å². The Morgan fingerprint density at radius 3 is 3.04 bits per heavy atom. The van der Waals surface area contributed by atoms with Crippen LogP contribution in [0.1, 0.15) is 17.4 Å². The molecule has 1 N–H and O–H groups in total. The summed E-state index contributed by atoms with van der Waals surface area (Å²) < 4.78 is 6.84. The fraction of sp³-hybridized carbons (Fsp3) is 0.350. The summed E-state index contributed by atoms with van der Waals surface area (Å²) in [6.07, 6.45) is 1.75. The van der Waals surface area contributed by atoms with E-state index in [1.54, 1.807) is 13.3 Å². The first kappa shape index (κ1) is 17.6. The maximum absolute atomic E-state index is 12.6. The van der Waals surface area contributed by atoms with Gasteiger partial charge in [-0.2, -0.15) is 5.10 Å². The molecule has 3 heterocycles. The van der Waals surface area contributed by atoms with Gasteiger partial charge in [0.25, 0.3) is 0 Å². The number of hydrogen-bond acceptors (Lipinski definition) is 5. The molecule has 0 saturated carbocycles. The molecule has 4 rings (SSSR count). The molecule has 0 radical (unpaired) electrons. The largest absolute Gasteiger partial charge is 0.383 e. The number of amides is 1. The van der Waals surface area contributed by atoms with Gasteiger partial charge in [0.1, 0.15) is 6.04 Å². The van der Waals surface area contributed by atoms with Gasteiger partial charge in [-0.25, -0.2) is 0 Å². The zero-order chi connectivity index (χ0) is 18.6. The van der Waals surface area contributed by atoms with Crippen LogP contribution in [0, 0.1) is 0 Å². The van der Waals surface area contributed by atoms with Gasteiger partial charge in [-0.05, 0) is 18.2 Å². The lowest BCUT2D eigenvalue weighted by Gasteiger charge is -2.33. The second kappa shape index (κ2) is 7.85. The Balaban J connectivity index is 1.51. The molecule has 0 unspecified atom stereocenters. The Labute approximate surface area is 157 Å². The van der Waals surface area contributed by atoms with Crippen LogP contribution in [-0.2, 0) is 22.6 Å². The number of carbonyl (C=O) groups excluding carboxylic acids is 1. The van der Waals surface area contributed by atoms with Gasteiger partial charge in [0, 0.05) is 44.9 Å². The fourth-order valence-electron chi connectivity index (χ4n) is 3.50. The summed E-state index contributed by atoms with van der Waals surface area (Å²) in [4.78, 5) is 19.6. The van der Waals surface area contributed by atoms with E-state index in [0.29, 0.717) is 26.2 Å². The summed E-state index contributed by atoms with van der Waals surface area (Å²) >= 11 is 0. The van der Waals surface area contributed by atoms with E-state index in [4.69, 9.17) is 9.72 Å². The lowest BCUT2D eigenvalue weighted by atomic mass is 10.1. The Hall–Kier alpha value is -2.77. The van der Waals surface area contributed by atoms with Gasteiger partial charge in [-0.15, -0.1) is 0 Å². The van der Waals surface area contributed by atoms with Gasteiger partial charge >= 0.3 is 0 Å². The SMILES string of the molecule is COCCNC(=O)[C@H]1CN(Cc2ccc3ccccc3n2)Cc2ccnn21. The molecule has 0 aliphatic carbocycles. The number of rotatable bonds is 6. The molecule has 0 spiro atoms. The van der Waals surface area contributed by atoms with E-state index >= 15 is 0 Å². The third-order valence-corrected chi connectivity index (χ3v) is 4.81. The predicted octanol–water partition coefficient (Wildman–Crippen LogP) is 1.75. The van der Waals surface area contributed by atoms with Crippen molar-refractivity contribution in [1.82, 2.24) is 25.0 Å². The highest BCUT2D eigenvalue weighted by atomic mass is 16.5. The first-order valence-corrected chi connectivity index (χ1v) is 9.10. The predicted molar refractivity (Wildman–Crippen MR) is 102 cm³/mol. The van der Waals surface area contributed by atoms with Gasteiger partial charge in [0.05, 0.1) is 23.5 Å². The van der Waals surface area contributed by atoms with Crippen molar-refractivity contribution in [3.05, 3.63) is 60.0 Å². The number of benzene rings is 1. The molecular formula is C20H23N5O2.